The number of aryl methyl sites for hydroxylation is 2. The molecule has 2 rings (SSSR count). The number of carboxylic acids is 1. The second kappa shape index (κ2) is 4.73. The van der Waals surface area contributed by atoms with Crippen LogP contribution in [-0.2, 0) is 0 Å². The van der Waals surface area contributed by atoms with Crippen molar-refractivity contribution in [1.29, 1.82) is 0 Å². The number of hydrogen-bond acceptors (Lipinski definition) is 3. The van der Waals surface area contributed by atoms with Gasteiger partial charge in [-0.1, -0.05) is 0 Å². The first kappa shape index (κ1) is 11.9. The van der Waals surface area contributed by atoms with E-state index in [1.54, 1.807) is 0 Å². The normalized spacial score (nSPS) is 16.0. The van der Waals surface area contributed by atoms with Gasteiger partial charge >= 0.3 is 5.97 Å². The molecule has 0 amide bonds. The second-order valence-corrected chi connectivity index (χ2v) is 4.63. The predicted molar refractivity (Wildman–Crippen MR) is 66.7 cm³/mol. The van der Waals surface area contributed by atoms with E-state index in [0.29, 0.717) is 11.4 Å². The number of hydrogen-bond donors (Lipinski definition) is 1. The van der Waals surface area contributed by atoms with Crippen LogP contribution in [0.1, 0.15) is 40.9 Å². The minimum absolute atomic E-state index is 0.359. The van der Waals surface area contributed by atoms with Crippen LogP contribution in [0.25, 0.3) is 0 Å². The van der Waals surface area contributed by atoms with Crippen LogP contribution < -0.4 is 4.90 Å². The topological polar surface area (TPSA) is 53.4 Å². The Labute approximate surface area is 101 Å². The van der Waals surface area contributed by atoms with E-state index in [4.69, 9.17) is 0 Å². The molecule has 4 heteroatoms. The van der Waals surface area contributed by atoms with E-state index in [2.05, 4.69) is 9.88 Å². The highest BCUT2D eigenvalue weighted by atomic mass is 16.4. The zero-order valence-corrected chi connectivity index (χ0v) is 10.4. The van der Waals surface area contributed by atoms with Crippen LogP contribution in [0.5, 0.6) is 0 Å². The number of rotatable bonds is 2. The molecule has 0 bridgehead atoms. The van der Waals surface area contributed by atoms with Gasteiger partial charge in [-0.2, -0.15) is 0 Å². The SMILES string of the molecule is Cc1cc(C)c(C(=O)O)c(N2CCCCC2)n1. The standard InChI is InChI=1S/C13H18N2O2/c1-9-8-10(2)14-12(11(9)13(16)17)15-6-4-3-5-7-15/h8H,3-7H2,1-2H3,(H,16,17). The quantitative estimate of drug-likeness (QED) is 0.853. The molecule has 1 aromatic heterocycles. The Bertz CT molecular complexity index is 437. The summed E-state index contributed by atoms with van der Waals surface area (Å²) in [7, 11) is 0. The summed E-state index contributed by atoms with van der Waals surface area (Å²) in [5.74, 6) is -0.231. The Morgan fingerprint density at radius 2 is 1.94 bits per heavy atom. The maximum Gasteiger partial charge on any atom is 0.339 e. The van der Waals surface area contributed by atoms with E-state index in [1.807, 2.05) is 19.9 Å². The summed E-state index contributed by atoms with van der Waals surface area (Å²) >= 11 is 0. The molecule has 0 aromatic carbocycles. The summed E-state index contributed by atoms with van der Waals surface area (Å²) in [5.41, 5.74) is 2.04. The Balaban J connectivity index is 2.46. The zero-order valence-electron chi connectivity index (χ0n) is 10.4. The molecule has 0 aliphatic carbocycles. The van der Waals surface area contributed by atoms with Crippen LogP contribution in [-0.4, -0.2) is 29.1 Å². The zero-order chi connectivity index (χ0) is 12.4. The number of aromatic nitrogens is 1. The third kappa shape index (κ3) is 2.40. The Morgan fingerprint density at radius 1 is 1.29 bits per heavy atom. The second-order valence-electron chi connectivity index (χ2n) is 4.63. The van der Waals surface area contributed by atoms with Gasteiger partial charge < -0.3 is 10.0 Å². The highest BCUT2D eigenvalue weighted by Crippen LogP contribution is 2.25. The Morgan fingerprint density at radius 3 is 2.53 bits per heavy atom. The summed E-state index contributed by atoms with van der Waals surface area (Å²) in [5, 5.41) is 9.30. The molecule has 0 saturated carbocycles. The molecule has 1 N–H and O–H groups in total. The van der Waals surface area contributed by atoms with Gasteiger partial charge in [0, 0.05) is 18.8 Å². The van der Waals surface area contributed by atoms with Gasteiger partial charge in [0.05, 0.1) is 0 Å². The van der Waals surface area contributed by atoms with Crippen molar-refractivity contribution in [3.63, 3.8) is 0 Å². The summed E-state index contributed by atoms with van der Waals surface area (Å²) in [6.45, 7) is 5.57. The van der Waals surface area contributed by atoms with Crippen molar-refractivity contribution < 1.29 is 9.90 Å². The van der Waals surface area contributed by atoms with Crippen LogP contribution in [0.3, 0.4) is 0 Å². The van der Waals surface area contributed by atoms with Crippen molar-refractivity contribution >= 4 is 11.8 Å². The Kier molecular flexibility index (Phi) is 3.31. The monoisotopic (exact) mass is 234 g/mol. The minimum Gasteiger partial charge on any atom is -0.478 e. The van der Waals surface area contributed by atoms with Crippen LogP contribution >= 0.6 is 0 Å². The largest absolute Gasteiger partial charge is 0.478 e. The van der Waals surface area contributed by atoms with E-state index in [1.165, 1.54) is 6.42 Å². The van der Waals surface area contributed by atoms with Crippen LogP contribution in [0.4, 0.5) is 5.82 Å². The average Bonchev–Trinajstić information content (AvgIpc) is 2.28. The van der Waals surface area contributed by atoms with E-state index in [-0.39, 0.29) is 0 Å². The Hall–Kier alpha value is -1.58. The fraction of sp³-hybridized carbons (Fsp3) is 0.538. The van der Waals surface area contributed by atoms with Crippen LogP contribution in [0.2, 0.25) is 0 Å². The van der Waals surface area contributed by atoms with Crippen molar-refractivity contribution in [2.75, 3.05) is 18.0 Å². The fourth-order valence-corrected chi connectivity index (χ4v) is 2.42. The highest BCUT2D eigenvalue weighted by molar-refractivity contribution is 5.95. The molecule has 2 heterocycles. The van der Waals surface area contributed by atoms with Gasteiger partial charge in [0.1, 0.15) is 11.4 Å². The van der Waals surface area contributed by atoms with Crippen LogP contribution in [0.15, 0.2) is 6.07 Å². The molecular formula is C13H18N2O2. The van der Waals surface area contributed by atoms with E-state index < -0.39 is 5.97 Å². The van der Waals surface area contributed by atoms with Crippen molar-refractivity contribution in [3.8, 4) is 0 Å². The lowest BCUT2D eigenvalue weighted by Gasteiger charge is -2.29. The fourth-order valence-electron chi connectivity index (χ4n) is 2.42. The summed E-state index contributed by atoms with van der Waals surface area (Å²) in [6, 6.07) is 1.83. The molecule has 1 aromatic rings. The highest BCUT2D eigenvalue weighted by Gasteiger charge is 2.21. The average molecular weight is 234 g/mol. The maximum absolute atomic E-state index is 11.3. The number of aromatic carboxylic acids is 1. The molecule has 1 fully saturated rings. The molecule has 1 aliphatic rings. The number of pyridine rings is 1. The third-order valence-corrected chi connectivity index (χ3v) is 3.20. The molecule has 17 heavy (non-hydrogen) atoms. The molecule has 0 atom stereocenters. The molecular weight excluding hydrogens is 216 g/mol. The van der Waals surface area contributed by atoms with E-state index in [0.717, 1.165) is 37.2 Å². The van der Waals surface area contributed by atoms with E-state index in [9.17, 15) is 9.90 Å². The van der Waals surface area contributed by atoms with Gasteiger partial charge in [-0.3, -0.25) is 0 Å². The maximum atomic E-state index is 11.3. The first-order chi connectivity index (χ1) is 8.09. The smallest absolute Gasteiger partial charge is 0.339 e. The first-order valence-electron chi connectivity index (χ1n) is 6.06. The van der Waals surface area contributed by atoms with Crippen molar-refractivity contribution in [2.24, 2.45) is 0 Å². The lowest BCUT2D eigenvalue weighted by atomic mass is 10.1. The number of nitrogens with zero attached hydrogens (tertiary/aromatic N) is 2. The summed E-state index contributed by atoms with van der Waals surface area (Å²) in [4.78, 5) is 17.9. The first-order valence-corrected chi connectivity index (χ1v) is 6.06. The van der Waals surface area contributed by atoms with Crippen molar-refractivity contribution in [3.05, 3.63) is 22.9 Å². The number of carbonyl (C=O) groups is 1. The molecule has 0 spiro atoms. The van der Waals surface area contributed by atoms with Crippen molar-refractivity contribution in [1.82, 2.24) is 4.98 Å². The number of anilines is 1. The van der Waals surface area contributed by atoms with Gasteiger partial charge in [0.15, 0.2) is 0 Å². The lowest BCUT2D eigenvalue weighted by molar-refractivity contribution is 0.0696. The van der Waals surface area contributed by atoms with Gasteiger partial charge in [0.2, 0.25) is 0 Å². The lowest BCUT2D eigenvalue weighted by Crippen LogP contribution is -2.32. The molecule has 4 nitrogen and oxygen atoms in total. The molecule has 1 saturated heterocycles. The number of piperidine rings is 1. The molecule has 0 radical (unpaired) electrons. The van der Waals surface area contributed by atoms with Gasteiger partial charge in [-0.05, 0) is 44.7 Å². The summed E-state index contributed by atoms with van der Waals surface area (Å²) in [6.07, 6.45) is 3.46. The van der Waals surface area contributed by atoms with E-state index >= 15 is 0 Å². The van der Waals surface area contributed by atoms with Gasteiger partial charge in [-0.15, -0.1) is 0 Å². The molecule has 0 unspecified atom stereocenters. The minimum atomic E-state index is -0.879. The van der Waals surface area contributed by atoms with Crippen LogP contribution in [0, 0.1) is 13.8 Å². The van der Waals surface area contributed by atoms with Gasteiger partial charge in [0.25, 0.3) is 0 Å². The predicted octanol–water partition coefficient (Wildman–Crippen LogP) is 2.39. The summed E-state index contributed by atoms with van der Waals surface area (Å²) < 4.78 is 0. The number of carboxylic acid groups (broad SMARTS) is 1. The molecule has 1 aliphatic heterocycles. The third-order valence-electron chi connectivity index (χ3n) is 3.20. The molecule has 92 valence electrons. The van der Waals surface area contributed by atoms with Crippen molar-refractivity contribution in [2.45, 2.75) is 33.1 Å². The van der Waals surface area contributed by atoms with Gasteiger partial charge in [-0.25, -0.2) is 9.78 Å².